The molecule has 0 saturated heterocycles. The van der Waals surface area contributed by atoms with Gasteiger partial charge < -0.3 is 10.5 Å². The van der Waals surface area contributed by atoms with E-state index in [-0.39, 0.29) is 5.30 Å². The molecular weight excluding hydrogens is 242 g/mol. The first-order chi connectivity index (χ1) is 7.37. The number of carbonyl (C=O) groups is 1. The van der Waals surface area contributed by atoms with Crippen LogP contribution in [0.5, 0.6) is 0 Å². The fourth-order valence-electron chi connectivity index (χ4n) is 0.873. The molecule has 0 heterocycles. The molecular formula is C11H15NO2S2. The first-order valence-electron chi connectivity index (χ1n) is 4.80. The number of anilines is 1. The van der Waals surface area contributed by atoms with Gasteiger partial charge in [0.1, 0.15) is 5.60 Å². The van der Waals surface area contributed by atoms with Crippen molar-refractivity contribution in [1.29, 1.82) is 0 Å². The van der Waals surface area contributed by atoms with E-state index in [4.69, 9.17) is 10.5 Å². The molecule has 0 fully saturated rings. The quantitative estimate of drug-likeness (QED) is 0.494. The molecule has 1 rings (SSSR count). The summed E-state index contributed by atoms with van der Waals surface area (Å²) in [5, 5.41) is -0.283. The van der Waals surface area contributed by atoms with Crippen molar-refractivity contribution in [2.24, 2.45) is 0 Å². The van der Waals surface area contributed by atoms with Crippen molar-refractivity contribution in [3.8, 4) is 0 Å². The van der Waals surface area contributed by atoms with Crippen LogP contribution < -0.4 is 5.73 Å². The van der Waals surface area contributed by atoms with Crippen LogP contribution in [0.15, 0.2) is 29.2 Å². The van der Waals surface area contributed by atoms with E-state index in [1.54, 1.807) is 12.1 Å². The largest absolute Gasteiger partial charge is 0.451 e. The van der Waals surface area contributed by atoms with Gasteiger partial charge >= 0.3 is 5.30 Å². The summed E-state index contributed by atoms with van der Waals surface area (Å²) in [5.74, 6) is 0. The Bertz CT molecular complexity index is 357. The zero-order valence-corrected chi connectivity index (χ0v) is 11.2. The molecule has 88 valence electrons. The van der Waals surface area contributed by atoms with Crippen LogP contribution in [0.4, 0.5) is 10.5 Å². The third kappa shape index (κ3) is 5.32. The highest BCUT2D eigenvalue weighted by molar-refractivity contribution is 8.82. The maximum Gasteiger partial charge on any atom is 0.378 e. The van der Waals surface area contributed by atoms with Crippen molar-refractivity contribution in [3.05, 3.63) is 24.3 Å². The number of carbonyl (C=O) groups excluding carboxylic acids is 1. The third-order valence-corrected chi connectivity index (χ3v) is 3.48. The maximum absolute atomic E-state index is 11.4. The highest BCUT2D eigenvalue weighted by atomic mass is 33.1. The second-order valence-corrected chi connectivity index (χ2v) is 6.34. The molecule has 0 aliphatic heterocycles. The number of hydrogen-bond donors (Lipinski definition) is 1. The van der Waals surface area contributed by atoms with E-state index in [2.05, 4.69) is 0 Å². The van der Waals surface area contributed by atoms with Crippen molar-refractivity contribution in [3.63, 3.8) is 0 Å². The number of hydrogen-bond acceptors (Lipinski definition) is 5. The SMILES string of the molecule is CC(C)(C)OC(=O)SSc1ccc(N)cc1. The lowest BCUT2D eigenvalue weighted by atomic mass is 10.2. The fourth-order valence-corrected chi connectivity index (χ4v) is 2.50. The molecule has 0 atom stereocenters. The summed E-state index contributed by atoms with van der Waals surface area (Å²) in [6.07, 6.45) is 0. The molecule has 2 N–H and O–H groups in total. The molecule has 0 radical (unpaired) electrons. The van der Waals surface area contributed by atoms with Gasteiger partial charge in [0.2, 0.25) is 0 Å². The van der Waals surface area contributed by atoms with Crippen LogP contribution in [0.1, 0.15) is 20.8 Å². The van der Waals surface area contributed by atoms with Crippen LogP contribution in [0.2, 0.25) is 0 Å². The Kier molecular flexibility index (Phi) is 4.56. The maximum atomic E-state index is 11.4. The molecule has 0 bridgehead atoms. The number of nitrogens with two attached hydrogens (primary N) is 1. The van der Waals surface area contributed by atoms with Gasteiger partial charge in [-0.15, -0.1) is 0 Å². The van der Waals surface area contributed by atoms with Gasteiger partial charge in [0.25, 0.3) is 0 Å². The van der Waals surface area contributed by atoms with E-state index < -0.39 is 5.60 Å². The Hall–Kier alpha value is -0.810. The Labute approximate surface area is 104 Å². The van der Waals surface area contributed by atoms with Gasteiger partial charge in [-0.3, -0.25) is 0 Å². The average Bonchev–Trinajstić information content (AvgIpc) is 2.14. The summed E-state index contributed by atoms with van der Waals surface area (Å²) >= 11 is 0. The Balaban J connectivity index is 2.40. The van der Waals surface area contributed by atoms with Crippen molar-refractivity contribution >= 4 is 32.6 Å². The summed E-state index contributed by atoms with van der Waals surface area (Å²) in [5.41, 5.74) is 5.83. The standard InChI is InChI=1S/C11H15NO2S2/c1-11(2,3)14-10(13)16-15-9-6-4-8(12)5-7-9/h4-7H,12H2,1-3H3. The lowest BCUT2D eigenvalue weighted by Crippen LogP contribution is -2.20. The van der Waals surface area contributed by atoms with Crippen LogP contribution in [0, 0.1) is 0 Å². The third-order valence-electron chi connectivity index (χ3n) is 1.48. The van der Waals surface area contributed by atoms with Gasteiger partial charge in [0.15, 0.2) is 0 Å². The molecule has 0 aliphatic rings. The summed E-state index contributed by atoms with van der Waals surface area (Å²) in [7, 11) is 2.44. The van der Waals surface area contributed by atoms with E-state index >= 15 is 0 Å². The molecule has 16 heavy (non-hydrogen) atoms. The minimum Gasteiger partial charge on any atom is -0.451 e. The normalized spacial score (nSPS) is 11.2. The van der Waals surface area contributed by atoms with Gasteiger partial charge in [0.05, 0.1) is 0 Å². The molecule has 5 heteroatoms. The zero-order valence-electron chi connectivity index (χ0n) is 9.52. The van der Waals surface area contributed by atoms with Crippen LogP contribution in [0.25, 0.3) is 0 Å². The Morgan fingerprint density at radius 3 is 2.31 bits per heavy atom. The van der Waals surface area contributed by atoms with Crippen molar-refractivity contribution in [2.75, 3.05) is 5.73 Å². The molecule has 1 aromatic rings. The van der Waals surface area contributed by atoms with E-state index in [1.807, 2.05) is 32.9 Å². The average molecular weight is 257 g/mol. The van der Waals surface area contributed by atoms with Crippen LogP contribution in [-0.2, 0) is 4.74 Å². The first kappa shape index (κ1) is 13.3. The van der Waals surface area contributed by atoms with Crippen molar-refractivity contribution < 1.29 is 9.53 Å². The lowest BCUT2D eigenvalue weighted by Gasteiger charge is -2.18. The summed E-state index contributed by atoms with van der Waals surface area (Å²) in [6.45, 7) is 5.54. The highest BCUT2D eigenvalue weighted by Gasteiger charge is 2.16. The van der Waals surface area contributed by atoms with Crippen molar-refractivity contribution in [1.82, 2.24) is 0 Å². The van der Waals surface area contributed by atoms with Gasteiger partial charge in [0, 0.05) is 21.4 Å². The fraction of sp³-hybridized carbons (Fsp3) is 0.364. The lowest BCUT2D eigenvalue weighted by molar-refractivity contribution is 0.0740. The summed E-state index contributed by atoms with van der Waals surface area (Å²) in [6, 6.07) is 7.35. The smallest absolute Gasteiger partial charge is 0.378 e. The molecule has 1 aromatic carbocycles. The van der Waals surface area contributed by atoms with Crippen molar-refractivity contribution in [2.45, 2.75) is 31.3 Å². The minimum atomic E-state index is -0.439. The molecule has 0 amide bonds. The molecule has 0 spiro atoms. The van der Waals surface area contributed by atoms with Crippen LogP contribution >= 0.6 is 21.6 Å². The minimum absolute atomic E-state index is 0.283. The Morgan fingerprint density at radius 2 is 1.81 bits per heavy atom. The van der Waals surface area contributed by atoms with Gasteiger partial charge in [-0.05, 0) is 55.8 Å². The molecule has 0 unspecified atom stereocenters. The molecule has 0 aliphatic carbocycles. The predicted molar refractivity (Wildman–Crippen MR) is 70.5 cm³/mol. The first-order valence-corrected chi connectivity index (χ1v) is 6.95. The number of benzene rings is 1. The summed E-state index contributed by atoms with van der Waals surface area (Å²) in [4.78, 5) is 12.4. The number of ether oxygens (including phenoxy) is 1. The van der Waals surface area contributed by atoms with Gasteiger partial charge in [-0.2, -0.15) is 0 Å². The van der Waals surface area contributed by atoms with E-state index in [0.717, 1.165) is 15.7 Å². The predicted octanol–water partition coefficient (Wildman–Crippen LogP) is 3.94. The topological polar surface area (TPSA) is 52.3 Å². The van der Waals surface area contributed by atoms with Crippen LogP contribution in [0.3, 0.4) is 0 Å². The van der Waals surface area contributed by atoms with E-state index in [9.17, 15) is 4.79 Å². The van der Waals surface area contributed by atoms with Gasteiger partial charge in [-0.25, -0.2) is 4.79 Å². The van der Waals surface area contributed by atoms with E-state index in [0.29, 0.717) is 5.69 Å². The molecule has 3 nitrogen and oxygen atoms in total. The number of rotatable bonds is 2. The Morgan fingerprint density at radius 1 is 1.25 bits per heavy atom. The molecule has 0 saturated carbocycles. The second-order valence-electron chi connectivity index (χ2n) is 4.20. The second kappa shape index (κ2) is 5.50. The van der Waals surface area contributed by atoms with Crippen LogP contribution in [-0.4, -0.2) is 10.9 Å². The number of nitrogen functional groups attached to an aromatic ring is 1. The zero-order chi connectivity index (χ0) is 12.2. The van der Waals surface area contributed by atoms with Gasteiger partial charge in [-0.1, -0.05) is 0 Å². The molecule has 0 aromatic heterocycles. The summed E-state index contributed by atoms with van der Waals surface area (Å²) < 4.78 is 5.16. The van der Waals surface area contributed by atoms with E-state index in [1.165, 1.54) is 10.8 Å². The monoisotopic (exact) mass is 257 g/mol. The highest BCUT2D eigenvalue weighted by Crippen LogP contribution is 2.33.